The number of hydrogen-bond donors (Lipinski definition) is 2. The number of piperidine rings is 1. The van der Waals surface area contributed by atoms with Gasteiger partial charge in [0.1, 0.15) is 5.69 Å². The van der Waals surface area contributed by atoms with Gasteiger partial charge in [0.25, 0.3) is 0 Å². The molecule has 0 saturated carbocycles. The fourth-order valence-corrected chi connectivity index (χ4v) is 2.88. The number of carbonyl (C=O) groups is 1. The van der Waals surface area contributed by atoms with E-state index in [2.05, 4.69) is 31.3 Å². The number of nitrogens with one attached hydrogen (secondary N) is 2. The van der Waals surface area contributed by atoms with E-state index in [4.69, 9.17) is 0 Å². The Morgan fingerprint density at radius 1 is 1.58 bits per heavy atom. The maximum absolute atomic E-state index is 11.7. The molecule has 0 bridgehead atoms. The third kappa shape index (κ3) is 4.83. The summed E-state index contributed by atoms with van der Waals surface area (Å²) in [6, 6.07) is 0. The molecule has 1 saturated heterocycles. The lowest BCUT2D eigenvalue weighted by molar-refractivity contribution is -0.121. The first kappa shape index (κ1) is 14.3. The predicted octanol–water partition coefficient (Wildman–Crippen LogP) is 1.19. The molecule has 0 aliphatic carbocycles. The fourth-order valence-electron chi connectivity index (χ4n) is 2.30. The van der Waals surface area contributed by atoms with Gasteiger partial charge in [0.15, 0.2) is 0 Å². The largest absolute Gasteiger partial charge is 0.350 e. The van der Waals surface area contributed by atoms with Crippen molar-refractivity contribution in [1.82, 2.24) is 25.0 Å². The van der Waals surface area contributed by atoms with Gasteiger partial charge in [-0.15, -0.1) is 5.10 Å². The van der Waals surface area contributed by atoms with Gasteiger partial charge in [-0.25, -0.2) is 0 Å². The smallest absolute Gasteiger partial charge is 0.220 e. The van der Waals surface area contributed by atoms with E-state index in [9.17, 15) is 4.79 Å². The highest BCUT2D eigenvalue weighted by molar-refractivity contribution is 7.96. The van der Waals surface area contributed by atoms with Crippen LogP contribution in [0.2, 0.25) is 0 Å². The molecule has 0 radical (unpaired) electrons. The Morgan fingerprint density at radius 2 is 2.37 bits per heavy atom. The molecule has 0 atom stereocenters. The van der Waals surface area contributed by atoms with Crippen LogP contribution in [0.5, 0.6) is 0 Å². The number of nitrogens with zero attached hydrogens (tertiary/aromatic N) is 3. The maximum atomic E-state index is 11.7. The average molecular weight is 283 g/mol. The predicted molar refractivity (Wildman–Crippen MR) is 75.3 cm³/mol. The number of carbonyl (C=O) groups excluding carboxylic acids is 1. The molecule has 1 aromatic rings. The molecule has 7 heteroatoms. The van der Waals surface area contributed by atoms with Crippen LogP contribution in [0.1, 0.15) is 31.4 Å². The number of rotatable bonds is 6. The summed E-state index contributed by atoms with van der Waals surface area (Å²) >= 11 is 1.82. The number of aromatic amines is 1. The lowest BCUT2D eigenvalue weighted by Gasteiger charge is -2.29. The molecule has 2 N–H and O–H groups in total. The van der Waals surface area contributed by atoms with E-state index in [0.29, 0.717) is 18.9 Å². The van der Waals surface area contributed by atoms with E-state index in [1.807, 2.05) is 11.9 Å². The van der Waals surface area contributed by atoms with E-state index >= 15 is 0 Å². The van der Waals surface area contributed by atoms with Crippen LogP contribution in [0.3, 0.4) is 0 Å². The number of H-pyrrole nitrogens is 1. The lowest BCUT2D eigenvalue weighted by Crippen LogP contribution is -2.29. The van der Waals surface area contributed by atoms with Gasteiger partial charge in [-0.1, -0.05) is 17.2 Å². The van der Waals surface area contributed by atoms with Crippen LogP contribution in [0.15, 0.2) is 6.20 Å². The molecule has 0 unspecified atom stereocenters. The van der Waals surface area contributed by atoms with Gasteiger partial charge >= 0.3 is 0 Å². The van der Waals surface area contributed by atoms with Gasteiger partial charge in [0, 0.05) is 25.7 Å². The van der Waals surface area contributed by atoms with Crippen molar-refractivity contribution < 1.29 is 4.79 Å². The molecule has 1 aliphatic rings. The van der Waals surface area contributed by atoms with Crippen LogP contribution in [0.25, 0.3) is 0 Å². The van der Waals surface area contributed by atoms with Gasteiger partial charge < -0.3 is 5.32 Å². The monoisotopic (exact) mass is 283 g/mol. The van der Waals surface area contributed by atoms with Crippen LogP contribution >= 0.6 is 11.9 Å². The summed E-state index contributed by atoms with van der Waals surface area (Å²) < 4.78 is 2.39. The van der Waals surface area contributed by atoms with E-state index in [1.165, 1.54) is 12.8 Å². The molecule has 19 heavy (non-hydrogen) atoms. The van der Waals surface area contributed by atoms with Crippen molar-refractivity contribution in [3.05, 3.63) is 11.9 Å². The molecule has 6 nitrogen and oxygen atoms in total. The molecular formula is C12H21N5OS. The number of aromatic nitrogens is 3. The Kier molecular flexibility index (Phi) is 5.65. The van der Waals surface area contributed by atoms with Crippen LogP contribution in [0, 0.1) is 5.92 Å². The minimum atomic E-state index is 0.107. The van der Waals surface area contributed by atoms with E-state index < -0.39 is 0 Å². The van der Waals surface area contributed by atoms with Crippen molar-refractivity contribution in [1.29, 1.82) is 0 Å². The normalized spacial score (nSPS) is 17.5. The van der Waals surface area contributed by atoms with Crippen LogP contribution in [-0.4, -0.2) is 45.0 Å². The van der Waals surface area contributed by atoms with Crippen molar-refractivity contribution in [3.8, 4) is 0 Å². The standard InChI is InChI=1S/C12H21N5OS/c1-19-17-6-4-10(5-7-17)2-3-12(18)13-8-11-9-14-16-15-11/h9-10H,2-8H2,1H3,(H,13,18)(H,14,15,16). The Bertz CT molecular complexity index is 375. The SMILES string of the molecule is CSN1CCC(CCC(=O)NCc2c[nH]nn2)CC1. The summed E-state index contributed by atoms with van der Waals surface area (Å²) in [4.78, 5) is 11.7. The van der Waals surface area contributed by atoms with Crippen molar-refractivity contribution >= 4 is 17.9 Å². The molecular weight excluding hydrogens is 262 g/mol. The minimum absolute atomic E-state index is 0.107. The highest BCUT2D eigenvalue weighted by Crippen LogP contribution is 2.24. The van der Waals surface area contributed by atoms with Crippen LogP contribution < -0.4 is 5.32 Å². The Balaban J connectivity index is 1.59. The van der Waals surface area contributed by atoms with Crippen LogP contribution in [0.4, 0.5) is 0 Å². The summed E-state index contributed by atoms with van der Waals surface area (Å²) in [5.74, 6) is 0.802. The second kappa shape index (κ2) is 7.49. The summed E-state index contributed by atoms with van der Waals surface area (Å²) in [5, 5.41) is 12.9. The zero-order valence-electron chi connectivity index (χ0n) is 11.3. The van der Waals surface area contributed by atoms with Gasteiger partial charge in [-0.3, -0.25) is 14.2 Å². The summed E-state index contributed by atoms with van der Waals surface area (Å²) in [6.07, 6.45) is 7.83. The molecule has 1 fully saturated rings. The summed E-state index contributed by atoms with van der Waals surface area (Å²) in [7, 11) is 0. The molecule has 2 rings (SSSR count). The van der Waals surface area contributed by atoms with Gasteiger partial charge in [0.2, 0.25) is 5.91 Å². The first-order valence-electron chi connectivity index (χ1n) is 6.69. The van der Waals surface area contributed by atoms with Gasteiger partial charge in [0.05, 0.1) is 6.54 Å². The van der Waals surface area contributed by atoms with E-state index in [1.54, 1.807) is 6.20 Å². The zero-order chi connectivity index (χ0) is 13.5. The van der Waals surface area contributed by atoms with Crippen molar-refractivity contribution in [2.24, 2.45) is 5.92 Å². The van der Waals surface area contributed by atoms with Gasteiger partial charge in [-0.2, -0.15) is 0 Å². The Hall–Kier alpha value is -1.08. The quantitative estimate of drug-likeness (QED) is 0.767. The fraction of sp³-hybridized carbons (Fsp3) is 0.750. The number of hydrogen-bond acceptors (Lipinski definition) is 5. The average Bonchev–Trinajstić information content (AvgIpc) is 2.96. The van der Waals surface area contributed by atoms with Gasteiger partial charge in [-0.05, 0) is 31.4 Å². The second-order valence-corrected chi connectivity index (χ2v) is 5.72. The first-order chi connectivity index (χ1) is 9.28. The minimum Gasteiger partial charge on any atom is -0.350 e. The van der Waals surface area contributed by atoms with Crippen molar-refractivity contribution in [3.63, 3.8) is 0 Å². The molecule has 0 spiro atoms. The third-order valence-corrected chi connectivity index (χ3v) is 4.43. The molecule has 1 amide bonds. The highest BCUT2D eigenvalue weighted by atomic mass is 32.2. The molecule has 2 heterocycles. The molecule has 106 valence electrons. The molecule has 1 aliphatic heterocycles. The second-order valence-electron chi connectivity index (χ2n) is 4.84. The third-order valence-electron chi connectivity index (χ3n) is 3.55. The van der Waals surface area contributed by atoms with E-state index in [-0.39, 0.29) is 5.91 Å². The summed E-state index contributed by atoms with van der Waals surface area (Å²) in [5.41, 5.74) is 0.765. The van der Waals surface area contributed by atoms with Crippen molar-refractivity contribution in [2.75, 3.05) is 19.3 Å². The maximum Gasteiger partial charge on any atom is 0.220 e. The molecule has 0 aromatic carbocycles. The Morgan fingerprint density at radius 3 is 3.00 bits per heavy atom. The first-order valence-corrected chi connectivity index (χ1v) is 7.87. The zero-order valence-corrected chi connectivity index (χ0v) is 12.1. The Labute approximate surface area is 117 Å². The lowest BCUT2D eigenvalue weighted by atomic mass is 9.93. The van der Waals surface area contributed by atoms with Crippen molar-refractivity contribution in [2.45, 2.75) is 32.2 Å². The van der Waals surface area contributed by atoms with E-state index in [0.717, 1.165) is 25.2 Å². The topological polar surface area (TPSA) is 73.9 Å². The molecule has 1 aromatic heterocycles. The number of amides is 1. The van der Waals surface area contributed by atoms with Crippen LogP contribution in [-0.2, 0) is 11.3 Å². The summed E-state index contributed by atoms with van der Waals surface area (Å²) in [6.45, 7) is 2.75. The highest BCUT2D eigenvalue weighted by Gasteiger charge is 2.19.